The lowest BCUT2D eigenvalue weighted by Gasteiger charge is -2.09. The number of thioether (sulfide) groups is 1. The topological polar surface area (TPSA) is 63.1 Å². The van der Waals surface area contributed by atoms with Crippen LogP contribution in [0.1, 0.15) is 22.8 Å². The summed E-state index contributed by atoms with van der Waals surface area (Å²) in [7, 11) is 0. The van der Waals surface area contributed by atoms with Gasteiger partial charge in [-0.25, -0.2) is 0 Å². The standard InChI is InChI=1S/C27H25Cl2N3O2S/c1-2-18-7-10-20(11-8-18)31-26(33)17-35-25-16-32(24-6-4-3-5-22(24)25)14-13-30-27(34)21-12-9-19(28)15-23(21)29/h3-12,15-16H,2,13-14,17H2,1H3,(H,30,34)(H,31,33). The number of para-hydroxylation sites is 1. The summed E-state index contributed by atoms with van der Waals surface area (Å²) in [6, 6.07) is 20.8. The number of anilines is 1. The van der Waals surface area contributed by atoms with Crippen molar-refractivity contribution in [1.82, 2.24) is 9.88 Å². The summed E-state index contributed by atoms with van der Waals surface area (Å²) in [5.41, 5.74) is 3.47. The molecule has 0 saturated carbocycles. The van der Waals surface area contributed by atoms with Gasteiger partial charge in [-0.2, -0.15) is 0 Å². The lowest BCUT2D eigenvalue weighted by molar-refractivity contribution is -0.113. The molecule has 0 bridgehead atoms. The van der Waals surface area contributed by atoms with Gasteiger partial charge in [0.2, 0.25) is 5.91 Å². The van der Waals surface area contributed by atoms with Gasteiger partial charge in [0.05, 0.1) is 16.3 Å². The fourth-order valence-corrected chi connectivity index (χ4v) is 5.12. The molecule has 4 aromatic rings. The number of carbonyl (C=O) groups is 2. The highest BCUT2D eigenvalue weighted by molar-refractivity contribution is 8.00. The number of benzene rings is 3. The minimum atomic E-state index is -0.249. The average molecular weight is 526 g/mol. The molecule has 3 aromatic carbocycles. The Labute approximate surface area is 218 Å². The molecule has 2 amide bonds. The first kappa shape index (κ1) is 25.2. The third-order valence-corrected chi connectivity index (χ3v) is 7.16. The molecule has 0 aliphatic carbocycles. The van der Waals surface area contributed by atoms with Crippen LogP contribution >= 0.6 is 35.0 Å². The molecule has 2 N–H and O–H groups in total. The molecule has 0 atom stereocenters. The molecule has 0 aliphatic heterocycles. The van der Waals surface area contributed by atoms with E-state index in [-0.39, 0.29) is 11.8 Å². The van der Waals surface area contributed by atoms with Gasteiger partial charge in [0.25, 0.3) is 5.91 Å². The molecule has 0 unspecified atom stereocenters. The van der Waals surface area contributed by atoms with Crippen molar-refractivity contribution < 1.29 is 9.59 Å². The number of halogens is 2. The van der Waals surface area contributed by atoms with Gasteiger partial charge in [-0.3, -0.25) is 9.59 Å². The summed E-state index contributed by atoms with van der Waals surface area (Å²) in [4.78, 5) is 26.0. The molecule has 35 heavy (non-hydrogen) atoms. The highest BCUT2D eigenvalue weighted by Gasteiger charge is 2.13. The van der Waals surface area contributed by atoms with E-state index in [2.05, 4.69) is 22.1 Å². The minimum absolute atomic E-state index is 0.0526. The van der Waals surface area contributed by atoms with E-state index in [1.165, 1.54) is 17.3 Å². The Morgan fingerprint density at radius 1 is 1.00 bits per heavy atom. The Morgan fingerprint density at radius 3 is 2.51 bits per heavy atom. The molecule has 180 valence electrons. The number of hydrogen-bond acceptors (Lipinski definition) is 3. The summed E-state index contributed by atoms with van der Waals surface area (Å²) in [6.45, 7) is 3.10. The van der Waals surface area contributed by atoms with Crippen LogP contribution in [0.4, 0.5) is 5.69 Å². The number of fused-ring (bicyclic) bond motifs is 1. The van der Waals surface area contributed by atoms with Crippen molar-refractivity contribution in [3.63, 3.8) is 0 Å². The Hall–Kier alpha value is -2.93. The quantitative estimate of drug-likeness (QED) is 0.240. The number of rotatable bonds is 9. The van der Waals surface area contributed by atoms with Crippen LogP contribution in [0.15, 0.2) is 77.8 Å². The lowest BCUT2D eigenvalue weighted by Crippen LogP contribution is -2.27. The van der Waals surface area contributed by atoms with Gasteiger partial charge in [0, 0.05) is 45.8 Å². The van der Waals surface area contributed by atoms with Crippen molar-refractivity contribution >= 4 is 63.4 Å². The maximum Gasteiger partial charge on any atom is 0.252 e. The van der Waals surface area contributed by atoms with Crippen LogP contribution in [-0.2, 0) is 17.8 Å². The van der Waals surface area contributed by atoms with E-state index in [1.54, 1.807) is 18.2 Å². The molecule has 5 nitrogen and oxygen atoms in total. The summed E-state index contributed by atoms with van der Waals surface area (Å²) >= 11 is 13.6. The third-order valence-electron chi connectivity index (χ3n) is 5.57. The molecule has 1 heterocycles. The van der Waals surface area contributed by atoms with Crippen LogP contribution in [0.3, 0.4) is 0 Å². The van der Waals surface area contributed by atoms with Crippen molar-refractivity contribution in [2.45, 2.75) is 24.8 Å². The Bertz CT molecular complexity index is 1350. The normalized spacial score (nSPS) is 10.9. The number of nitrogens with one attached hydrogen (secondary N) is 2. The van der Waals surface area contributed by atoms with Crippen LogP contribution < -0.4 is 10.6 Å². The molecule has 0 fully saturated rings. The van der Waals surface area contributed by atoms with Crippen molar-refractivity contribution in [3.05, 3.63) is 94.1 Å². The predicted molar refractivity (Wildman–Crippen MR) is 146 cm³/mol. The molecule has 0 aliphatic rings. The van der Waals surface area contributed by atoms with E-state index in [4.69, 9.17) is 23.2 Å². The fraction of sp³-hybridized carbons (Fsp3) is 0.185. The second-order valence-electron chi connectivity index (χ2n) is 7.97. The SMILES string of the molecule is CCc1ccc(NC(=O)CSc2cn(CCNC(=O)c3ccc(Cl)cc3Cl)c3ccccc23)cc1. The van der Waals surface area contributed by atoms with Crippen LogP contribution in [0, 0.1) is 0 Å². The summed E-state index contributed by atoms with van der Waals surface area (Å²) in [6.07, 6.45) is 2.99. The van der Waals surface area contributed by atoms with Crippen LogP contribution in [0.5, 0.6) is 0 Å². The zero-order chi connectivity index (χ0) is 24.8. The lowest BCUT2D eigenvalue weighted by atomic mass is 10.1. The third kappa shape index (κ3) is 6.40. The molecular weight excluding hydrogens is 501 g/mol. The van der Waals surface area contributed by atoms with E-state index in [0.717, 1.165) is 27.9 Å². The number of aryl methyl sites for hydroxylation is 1. The number of nitrogens with zero attached hydrogens (tertiary/aromatic N) is 1. The molecule has 8 heteroatoms. The van der Waals surface area contributed by atoms with Gasteiger partial charge in [-0.15, -0.1) is 11.8 Å². The number of amides is 2. The maximum absolute atomic E-state index is 12.5. The smallest absolute Gasteiger partial charge is 0.252 e. The molecular formula is C27H25Cl2N3O2S. The van der Waals surface area contributed by atoms with E-state index < -0.39 is 0 Å². The first-order valence-corrected chi connectivity index (χ1v) is 13.0. The van der Waals surface area contributed by atoms with Gasteiger partial charge >= 0.3 is 0 Å². The van der Waals surface area contributed by atoms with Gasteiger partial charge in [-0.05, 0) is 48.4 Å². The van der Waals surface area contributed by atoms with E-state index in [1.807, 2.05) is 54.7 Å². The second kappa shape index (κ2) is 11.7. The zero-order valence-electron chi connectivity index (χ0n) is 19.2. The molecule has 4 rings (SSSR count). The van der Waals surface area contributed by atoms with Crippen molar-refractivity contribution in [2.24, 2.45) is 0 Å². The van der Waals surface area contributed by atoms with Crippen molar-refractivity contribution in [3.8, 4) is 0 Å². The second-order valence-corrected chi connectivity index (χ2v) is 9.83. The largest absolute Gasteiger partial charge is 0.350 e. The number of carbonyl (C=O) groups excluding carboxylic acids is 2. The van der Waals surface area contributed by atoms with Gasteiger partial charge in [-0.1, -0.05) is 60.5 Å². The predicted octanol–water partition coefficient (Wildman–Crippen LogP) is 6.67. The monoisotopic (exact) mass is 525 g/mol. The van der Waals surface area contributed by atoms with Crippen LogP contribution in [0.2, 0.25) is 10.0 Å². The maximum atomic E-state index is 12.5. The number of hydrogen-bond donors (Lipinski definition) is 2. The highest BCUT2D eigenvalue weighted by atomic mass is 35.5. The first-order chi connectivity index (χ1) is 16.9. The minimum Gasteiger partial charge on any atom is -0.350 e. The molecule has 0 spiro atoms. The summed E-state index contributed by atoms with van der Waals surface area (Å²) in [5.74, 6) is -0.000408. The Kier molecular flexibility index (Phi) is 8.39. The van der Waals surface area contributed by atoms with Crippen LogP contribution in [-0.4, -0.2) is 28.7 Å². The molecule has 1 aromatic heterocycles. The van der Waals surface area contributed by atoms with Gasteiger partial charge in [0.1, 0.15) is 0 Å². The van der Waals surface area contributed by atoms with Gasteiger partial charge in [0.15, 0.2) is 0 Å². The Morgan fingerprint density at radius 2 is 1.77 bits per heavy atom. The summed E-state index contributed by atoms with van der Waals surface area (Å²) in [5, 5.41) is 7.74. The zero-order valence-corrected chi connectivity index (χ0v) is 21.5. The van der Waals surface area contributed by atoms with Crippen molar-refractivity contribution in [2.75, 3.05) is 17.6 Å². The first-order valence-electron chi connectivity index (χ1n) is 11.3. The number of aromatic nitrogens is 1. The summed E-state index contributed by atoms with van der Waals surface area (Å²) < 4.78 is 2.09. The Balaban J connectivity index is 1.37. The van der Waals surface area contributed by atoms with E-state index in [0.29, 0.717) is 34.5 Å². The van der Waals surface area contributed by atoms with E-state index in [9.17, 15) is 9.59 Å². The molecule has 0 saturated heterocycles. The fourth-order valence-electron chi connectivity index (χ4n) is 3.74. The van der Waals surface area contributed by atoms with Crippen LogP contribution in [0.25, 0.3) is 10.9 Å². The van der Waals surface area contributed by atoms with Gasteiger partial charge < -0.3 is 15.2 Å². The average Bonchev–Trinajstić information content (AvgIpc) is 3.21. The molecule has 0 radical (unpaired) electrons. The highest BCUT2D eigenvalue weighted by Crippen LogP contribution is 2.30. The van der Waals surface area contributed by atoms with E-state index >= 15 is 0 Å². The van der Waals surface area contributed by atoms with Crippen molar-refractivity contribution in [1.29, 1.82) is 0 Å².